The lowest BCUT2D eigenvalue weighted by atomic mass is 10.00. The van der Waals surface area contributed by atoms with Crippen molar-refractivity contribution in [2.75, 3.05) is 20.6 Å². The van der Waals surface area contributed by atoms with Crippen LogP contribution in [-0.2, 0) is 6.42 Å². The molecule has 0 fully saturated rings. The van der Waals surface area contributed by atoms with Gasteiger partial charge in [-0.25, -0.2) is 4.39 Å². The van der Waals surface area contributed by atoms with Crippen molar-refractivity contribution in [3.8, 4) is 11.1 Å². The van der Waals surface area contributed by atoms with E-state index in [1.54, 1.807) is 6.07 Å². The van der Waals surface area contributed by atoms with Crippen molar-refractivity contribution in [2.24, 2.45) is 0 Å². The van der Waals surface area contributed by atoms with Gasteiger partial charge in [-0.1, -0.05) is 29.8 Å². The summed E-state index contributed by atoms with van der Waals surface area (Å²) in [5, 5.41) is 0.985. The van der Waals surface area contributed by atoms with E-state index in [0.29, 0.717) is 5.52 Å². The van der Waals surface area contributed by atoms with Crippen molar-refractivity contribution in [2.45, 2.75) is 13.3 Å². The number of nitrogens with zero attached hydrogens (tertiary/aromatic N) is 1. The highest BCUT2D eigenvalue weighted by atomic mass is 19.1. The highest BCUT2D eigenvalue weighted by Crippen LogP contribution is 2.29. The van der Waals surface area contributed by atoms with Crippen LogP contribution in [0, 0.1) is 12.7 Å². The second kappa shape index (κ2) is 5.93. The van der Waals surface area contributed by atoms with E-state index in [1.807, 2.05) is 32.4 Å². The summed E-state index contributed by atoms with van der Waals surface area (Å²) in [5.41, 5.74) is 4.93. The maximum Gasteiger partial charge on any atom is 0.147 e. The van der Waals surface area contributed by atoms with Crippen molar-refractivity contribution in [3.63, 3.8) is 0 Å². The molecule has 0 aliphatic rings. The van der Waals surface area contributed by atoms with Gasteiger partial charge >= 0.3 is 0 Å². The molecule has 22 heavy (non-hydrogen) atoms. The molecule has 3 rings (SSSR count). The first-order valence-corrected chi connectivity index (χ1v) is 7.56. The molecular formula is C19H21FN2. The van der Waals surface area contributed by atoms with Gasteiger partial charge in [-0.2, -0.15) is 0 Å². The van der Waals surface area contributed by atoms with Crippen molar-refractivity contribution in [1.82, 2.24) is 9.88 Å². The molecule has 3 heteroatoms. The Morgan fingerprint density at radius 3 is 2.64 bits per heavy atom. The second-order valence-electron chi connectivity index (χ2n) is 6.12. The first-order valence-electron chi connectivity index (χ1n) is 7.56. The van der Waals surface area contributed by atoms with E-state index in [-0.39, 0.29) is 5.82 Å². The van der Waals surface area contributed by atoms with Crippen molar-refractivity contribution >= 4 is 10.9 Å². The first-order chi connectivity index (χ1) is 10.5. The number of aromatic amines is 1. The maximum absolute atomic E-state index is 14.4. The van der Waals surface area contributed by atoms with E-state index >= 15 is 0 Å². The molecule has 0 unspecified atom stereocenters. The minimum absolute atomic E-state index is 0.190. The molecule has 0 saturated carbocycles. The molecule has 0 bridgehead atoms. The van der Waals surface area contributed by atoms with Gasteiger partial charge in [-0.3, -0.25) is 0 Å². The summed E-state index contributed by atoms with van der Waals surface area (Å²) in [4.78, 5) is 5.22. The number of hydrogen-bond donors (Lipinski definition) is 1. The van der Waals surface area contributed by atoms with Gasteiger partial charge in [0.15, 0.2) is 0 Å². The minimum atomic E-state index is -0.190. The molecule has 0 aliphatic carbocycles. The average molecular weight is 296 g/mol. The standard InChI is InChI=1S/C19H21FN2/c1-13-5-4-6-14(9-13)16-10-17-15(7-8-22(2)3)12-21-19(17)18(20)11-16/h4-6,9-12,21H,7-8H2,1-3H3. The number of aryl methyl sites for hydroxylation is 1. The Labute approximate surface area is 130 Å². The Morgan fingerprint density at radius 1 is 1.09 bits per heavy atom. The van der Waals surface area contributed by atoms with Gasteiger partial charge in [0.25, 0.3) is 0 Å². The molecule has 2 aromatic carbocycles. The van der Waals surface area contributed by atoms with E-state index in [9.17, 15) is 4.39 Å². The van der Waals surface area contributed by atoms with Gasteiger partial charge in [0, 0.05) is 18.1 Å². The normalized spacial score (nSPS) is 11.5. The van der Waals surface area contributed by atoms with Crippen molar-refractivity contribution in [3.05, 3.63) is 59.5 Å². The number of rotatable bonds is 4. The summed E-state index contributed by atoms with van der Waals surface area (Å²) in [7, 11) is 4.10. The first kappa shape index (κ1) is 14.8. The SMILES string of the molecule is Cc1cccc(-c2cc(F)c3[nH]cc(CCN(C)C)c3c2)c1. The quantitative estimate of drug-likeness (QED) is 0.756. The van der Waals surface area contributed by atoms with Crippen LogP contribution >= 0.6 is 0 Å². The van der Waals surface area contributed by atoms with Gasteiger partial charge < -0.3 is 9.88 Å². The van der Waals surface area contributed by atoms with Gasteiger partial charge in [0.1, 0.15) is 5.82 Å². The van der Waals surface area contributed by atoms with E-state index < -0.39 is 0 Å². The summed E-state index contributed by atoms with van der Waals surface area (Å²) < 4.78 is 14.4. The van der Waals surface area contributed by atoms with Crippen LogP contribution in [-0.4, -0.2) is 30.5 Å². The van der Waals surface area contributed by atoms with Crippen LogP contribution in [0.25, 0.3) is 22.0 Å². The molecule has 0 radical (unpaired) electrons. The molecule has 114 valence electrons. The fraction of sp³-hybridized carbons (Fsp3) is 0.263. The molecule has 0 aliphatic heterocycles. The van der Waals surface area contributed by atoms with Crippen molar-refractivity contribution in [1.29, 1.82) is 0 Å². The van der Waals surface area contributed by atoms with Gasteiger partial charge in [-0.15, -0.1) is 0 Å². The Balaban J connectivity index is 2.07. The van der Waals surface area contributed by atoms with Crippen LogP contribution in [0.1, 0.15) is 11.1 Å². The summed E-state index contributed by atoms with van der Waals surface area (Å²) in [6.45, 7) is 3.00. The summed E-state index contributed by atoms with van der Waals surface area (Å²) in [5.74, 6) is -0.190. The monoisotopic (exact) mass is 296 g/mol. The van der Waals surface area contributed by atoms with Crippen LogP contribution < -0.4 is 0 Å². The number of likely N-dealkylation sites (N-methyl/N-ethyl adjacent to an activating group) is 1. The fourth-order valence-electron chi connectivity index (χ4n) is 2.79. The predicted octanol–water partition coefficient (Wildman–Crippen LogP) is 4.39. The summed E-state index contributed by atoms with van der Waals surface area (Å²) >= 11 is 0. The Hall–Kier alpha value is -2.13. The van der Waals surface area contributed by atoms with Crippen LogP contribution in [0.4, 0.5) is 4.39 Å². The fourth-order valence-corrected chi connectivity index (χ4v) is 2.79. The third-order valence-electron chi connectivity index (χ3n) is 4.01. The van der Waals surface area contributed by atoms with E-state index in [0.717, 1.165) is 35.0 Å². The number of nitrogens with one attached hydrogen (secondary N) is 1. The van der Waals surface area contributed by atoms with Gasteiger partial charge in [-0.05, 0) is 56.3 Å². The highest BCUT2D eigenvalue weighted by Gasteiger charge is 2.11. The topological polar surface area (TPSA) is 19.0 Å². The molecule has 0 amide bonds. The minimum Gasteiger partial charge on any atom is -0.359 e. The maximum atomic E-state index is 14.4. The van der Waals surface area contributed by atoms with Crippen molar-refractivity contribution < 1.29 is 4.39 Å². The van der Waals surface area contributed by atoms with E-state index in [4.69, 9.17) is 0 Å². The number of hydrogen-bond acceptors (Lipinski definition) is 1. The molecule has 0 atom stereocenters. The molecular weight excluding hydrogens is 275 g/mol. The summed E-state index contributed by atoms with van der Waals surface area (Å²) in [6.07, 6.45) is 2.83. The zero-order valence-corrected chi connectivity index (χ0v) is 13.3. The number of halogens is 1. The Kier molecular flexibility index (Phi) is 3.99. The number of benzene rings is 2. The van der Waals surface area contributed by atoms with Gasteiger partial charge in [0.05, 0.1) is 5.52 Å². The average Bonchev–Trinajstić information content (AvgIpc) is 2.88. The molecule has 1 N–H and O–H groups in total. The highest BCUT2D eigenvalue weighted by molar-refractivity contribution is 5.88. The molecule has 2 nitrogen and oxygen atoms in total. The third-order valence-corrected chi connectivity index (χ3v) is 4.01. The smallest absolute Gasteiger partial charge is 0.147 e. The second-order valence-corrected chi connectivity index (χ2v) is 6.12. The zero-order chi connectivity index (χ0) is 15.7. The van der Waals surface area contributed by atoms with Gasteiger partial charge in [0.2, 0.25) is 0 Å². The van der Waals surface area contributed by atoms with Crippen LogP contribution in [0.5, 0.6) is 0 Å². The lowest BCUT2D eigenvalue weighted by Gasteiger charge is -2.09. The molecule has 1 aromatic heterocycles. The summed E-state index contributed by atoms with van der Waals surface area (Å²) in [6, 6.07) is 11.9. The van der Waals surface area contributed by atoms with Crippen LogP contribution in [0.2, 0.25) is 0 Å². The number of aromatic nitrogens is 1. The Bertz CT molecular complexity index is 802. The van der Waals surface area contributed by atoms with Crippen LogP contribution in [0.3, 0.4) is 0 Å². The third kappa shape index (κ3) is 2.90. The number of fused-ring (bicyclic) bond motifs is 1. The molecule has 1 heterocycles. The lowest BCUT2D eigenvalue weighted by Crippen LogP contribution is -2.14. The molecule has 0 saturated heterocycles. The lowest BCUT2D eigenvalue weighted by molar-refractivity contribution is 0.414. The number of H-pyrrole nitrogens is 1. The van der Waals surface area contributed by atoms with E-state index in [2.05, 4.69) is 35.0 Å². The largest absolute Gasteiger partial charge is 0.359 e. The predicted molar refractivity (Wildman–Crippen MR) is 90.7 cm³/mol. The molecule has 3 aromatic rings. The molecule has 0 spiro atoms. The zero-order valence-electron chi connectivity index (χ0n) is 13.3. The Morgan fingerprint density at radius 2 is 1.91 bits per heavy atom. The van der Waals surface area contributed by atoms with E-state index in [1.165, 1.54) is 5.56 Å². The van der Waals surface area contributed by atoms with Crippen LogP contribution in [0.15, 0.2) is 42.6 Å².